The summed E-state index contributed by atoms with van der Waals surface area (Å²) in [4.78, 5) is 23.8. The maximum absolute atomic E-state index is 12.5. The van der Waals surface area contributed by atoms with E-state index < -0.39 is 0 Å². The van der Waals surface area contributed by atoms with Gasteiger partial charge < -0.3 is 10.2 Å². The van der Waals surface area contributed by atoms with Crippen molar-refractivity contribution in [3.8, 4) is 5.69 Å². The van der Waals surface area contributed by atoms with Crippen molar-refractivity contribution < 1.29 is 4.79 Å². The van der Waals surface area contributed by atoms with Crippen LogP contribution < -0.4 is 5.32 Å². The Morgan fingerprint density at radius 2 is 2.04 bits per heavy atom. The van der Waals surface area contributed by atoms with Gasteiger partial charge in [-0.05, 0) is 62.7 Å². The van der Waals surface area contributed by atoms with Gasteiger partial charge in [-0.3, -0.25) is 9.36 Å². The number of aryl methyl sites for hydroxylation is 1. The number of rotatable bonds is 5. The van der Waals surface area contributed by atoms with Crippen LogP contribution in [0.15, 0.2) is 42.9 Å². The number of hydrogen-bond donors (Lipinski definition) is 1. The lowest BCUT2D eigenvalue weighted by Crippen LogP contribution is -2.33. The number of nitrogens with one attached hydrogen (secondary N) is 1. The summed E-state index contributed by atoms with van der Waals surface area (Å²) in [6.45, 7) is 5.91. The quantitative estimate of drug-likeness (QED) is 0.769. The molecule has 1 aliphatic rings. The first-order chi connectivity index (χ1) is 12.7. The third-order valence-electron chi connectivity index (χ3n) is 4.95. The number of likely N-dealkylation sites (tertiary alicyclic amines) is 1. The Morgan fingerprint density at radius 3 is 2.88 bits per heavy atom. The summed E-state index contributed by atoms with van der Waals surface area (Å²) in [5.74, 6) is -0.0390. The zero-order valence-electron chi connectivity index (χ0n) is 15.0. The van der Waals surface area contributed by atoms with Crippen LogP contribution in [0.2, 0.25) is 0 Å². The van der Waals surface area contributed by atoms with E-state index >= 15 is 0 Å². The summed E-state index contributed by atoms with van der Waals surface area (Å²) in [5.41, 5.74) is 4.29. The van der Waals surface area contributed by atoms with E-state index in [0.29, 0.717) is 12.1 Å². The number of carbonyl (C=O) groups excluding carboxylic acids is 1. The summed E-state index contributed by atoms with van der Waals surface area (Å²) < 4.78 is 1.94. The highest BCUT2D eigenvalue weighted by atomic mass is 16.1. The summed E-state index contributed by atoms with van der Waals surface area (Å²) in [5, 5.41) is 3.03. The molecule has 1 fully saturated rings. The van der Waals surface area contributed by atoms with Gasteiger partial charge in [0.05, 0.1) is 5.69 Å². The second-order valence-electron chi connectivity index (χ2n) is 6.77. The first kappa shape index (κ1) is 16.7. The fourth-order valence-electron chi connectivity index (χ4n) is 3.47. The second-order valence-corrected chi connectivity index (χ2v) is 6.77. The lowest BCUT2D eigenvalue weighted by molar-refractivity contribution is 0.0949. The van der Waals surface area contributed by atoms with E-state index in [2.05, 4.69) is 20.2 Å². The Balaban J connectivity index is 1.53. The average molecular weight is 349 g/mol. The van der Waals surface area contributed by atoms with Crippen LogP contribution in [0.25, 0.3) is 16.9 Å². The number of carbonyl (C=O) groups is 1. The van der Waals surface area contributed by atoms with Gasteiger partial charge in [0, 0.05) is 24.8 Å². The Kier molecular flexibility index (Phi) is 4.67. The number of nitrogens with zero attached hydrogens (tertiary/aromatic N) is 4. The van der Waals surface area contributed by atoms with E-state index in [9.17, 15) is 4.79 Å². The highest BCUT2D eigenvalue weighted by Gasteiger charge is 2.14. The minimum absolute atomic E-state index is 0.0390. The van der Waals surface area contributed by atoms with Gasteiger partial charge in [0.2, 0.25) is 0 Å². The normalized spacial score (nSPS) is 14.8. The molecule has 1 aliphatic heterocycles. The number of aromatic nitrogens is 3. The van der Waals surface area contributed by atoms with Crippen LogP contribution in [0.5, 0.6) is 0 Å². The zero-order chi connectivity index (χ0) is 17.9. The van der Waals surface area contributed by atoms with E-state index in [1.54, 1.807) is 12.5 Å². The van der Waals surface area contributed by atoms with Gasteiger partial charge >= 0.3 is 0 Å². The molecule has 0 aliphatic carbocycles. The van der Waals surface area contributed by atoms with Gasteiger partial charge in [-0.2, -0.15) is 0 Å². The molecular weight excluding hydrogens is 326 g/mol. The van der Waals surface area contributed by atoms with Crippen LogP contribution in [0.4, 0.5) is 0 Å². The molecule has 3 heterocycles. The van der Waals surface area contributed by atoms with Crippen LogP contribution in [0.3, 0.4) is 0 Å². The third-order valence-corrected chi connectivity index (χ3v) is 4.95. The van der Waals surface area contributed by atoms with Gasteiger partial charge in [-0.15, -0.1) is 0 Å². The highest BCUT2D eigenvalue weighted by molar-refractivity contribution is 5.95. The van der Waals surface area contributed by atoms with Crippen molar-refractivity contribution in [1.82, 2.24) is 24.8 Å². The monoisotopic (exact) mass is 349 g/mol. The molecule has 0 radical (unpaired) electrons. The molecule has 0 unspecified atom stereocenters. The van der Waals surface area contributed by atoms with E-state index in [1.165, 1.54) is 12.8 Å². The molecule has 134 valence electrons. The molecule has 6 nitrogen and oxygen atoms in total. The van der Waals surface area contributed by atoms with Gasteiger partial charge in [0.15, 0.2) is 5.65 Å². The molecule has 0 spiro atoms. The lowest BCUT2D eigenvalue weighted by Gasteiger charge is -2.15. The van der Waals surface area contributed by atoms with Crippen molar-refractivity contribution in [1.29, 1.82) is 0 Å². The van der Waals surface area contributed by atoms with Crippen LogP contribution in [-0.4, -0.2) is 51.5 Å². The summed E-state index contributed by atoms with van der Waals surface area (Å²) in [6.07, 6.45) is 6.05. The Labute approximate surface area is 152 Å². The largest absolute Gasteiger partial charge is 0.351 e. The number of benzene rings is 1. The molecule has 1 saturated heterocycles. The lowest BCUT2D eigenvalue weighted by atomic mass is 10.1. The maximum atomic E-state index is 12.5. The fraction of sp³-hybridized carbons (Fsp3) is 0.350. The Morgan fingerprint density at radius 1 is 1.19 bits per heavy atom. The molecule has 3 aromatic rings. The molecule has 1 aromatic carbocycles. The predicted molar refractivity (Wildman–Crippen MR) is 102 cm³/mol. The minimum Gasteiger partial charge on any atom is -0.351 e. The number of amides is 1. The SMILES string of the molecule is Cc1ccc(C(=O)NCCN2CCCC2)cc1-n1cnc2cccnc21. The number of pyridine rings is 1. The second kappa shape index (κ2) is 7.25. The fourth-order valence-corrected chi connectivity index (χ4v) is 3.47. The molecule has 6 heteroatoms. The smallest absolute Gasteiger partial charge is 0.251 e. The van der Waals surface area contributed by atoms with Gasteiger partial charge in [-0.1, -0.05) is 6.07 Å². The molecule has 0 saturated carbocycles. The van der Waals surface area contributed by atoms with Gasteiger partial charge in [-0.25, -0.2) is 9.97 Å². The first-order valence-electron chi connectivity index (χ1n) is 9.12. The van der Waals surface area contributed by atoms with Gasteiger partial charge in [0.1, 0.15) is 11.8 Å². The topological polar surface area (TPSA) is 63.1 Å². The summed E-state index contributed by atoms with van der Waals surface area (Å²) in [6, 6.07) is 9.56. The zero-order valence-corrected chi connectivity index (χ0v) is 15.0. The molecule has 0 atom stereocenters. The predicted octanol–water partition coefficient (Wildman–Crippen LogP) is 2.55. The summed E-state index contributed by atoms with van der Waals surface area (Å²) >= 11 is 0. The minimum atomic E-state index is -0.0390. The summed E-state index contributed by atoms with van der Waals surface area (Å²) in [7, 11) is 0. The number of imidazole rings is 1. The molecule has 1 N–H and O–H groups in total. The Bertz CT molecular complexity index is 927. The van der Waals surface area contributed by atoms with Crippen LogP contribution in [-0.2, 0) is 0 Å². The first-order valence-corrected chi connectivity index (χ1v) is 9.12. The molecule has 2 aromatic heterocycles. The number of fused-ring (bicyclic) bond motifs is 1. The van der Waals surface area contributed by atoms with Crippen LogP contribution >= 0.6 is 0 Å². The number of hydrogen-bond acceptors (Lipinski definition) is 4. The van der Waals surface area contributed by atoms with Crippen molar-refractivity contribution in [2.24, 2.45) is 0 Å². The van der Waals surface area contributed by atoms with E-state index in [0.717, 1.165) is 42.0 Å². The van der Waals surface area contributed by atoms with Crippen LogP contribution in [0.1, 0.15) is 28.8 Å². The molecular formula is C20H23N5O. The van der Waals surface area contributed by atoms with Gasteiger partial charge in [0.25, 0.3) is 5.91 Å². The Hall–Kier alpha value is -2.73. The molecule has 4 rings (SSSR count). The van der Waals surface area contributed by atoms with Crippen molar-refractivity contribution in [2.45, 2.75) is 19.8 Å². The van der Waals surface area contributed by atoms with Crippen molar-refractivity contribution in [3.05, 3.63) is 54.0 Å². The highest BCUT2D eigenvalue weighted by Crippen LogP contribution is 2.20. The van der Waals surface area contributed by atoms with E-state index in [4.69, 9.17) is 0 Å². The average Bonchev–Trinajstić information content (AvgIpc) is 3.32. The standard InChI is InChI=1S/C20H23N5O/c1-15-6-7-16(20(26)22-9-12-24-10-2-3-11-24)13-18(15)25-14-23-17-5-4-8-21-19(17)25/h4-8,13-14H,2-3,9-12H2,1H3,(H,22,26). The van der Waals surface area contributed by atoms with Crippen molar-refractivity contribution >= 4 is 17.1 Å². The van der Waals surface area contributed by atoms with Crippen molar-refractivity contribution in [3.63, 3.8) is 0 Å². The van der Waals surface area contributed by atoms with E-state index in [1.807, 2.05) is 41.8 Å². The van der Waals surface area contributed by atoms with Crippen molar-refractivity contribution in [2.75, 3.05) is 26.2 Å². The van der Waals surface area contributed by atoms with Crippen LogP contribution in [0, 0.1) is 6.92 Å². The molecule has 0 bridgehead atoms. The third kappa shape index (κ3) is 3.32. The maximum Gasteiger partial charge on any atom is 0.251 e. The molecule has 1 amide bonds. The molecule has 26 heavy (non-hydrogen) atoms. The van der Waals surface area contributed by atoms with E-state index in [-0.39, 0.29) is 5.91 Å².